The van der Waals surface area contributed by atoms with Crippen LogP contribution < -0.4 is 5.73 Å². The van der Waals surface area contributed by atoms with Crippen LogP contribution in [0.2, 0.25) is 0 Å². The fourth-order valence-electron chi connectivity index (χ4n) is 2.66. The number of hydrogen-bond donors (Lipinski definition) is 1. The van der Waals surface area contributed by atoms with Crippen LogP contribution in [0.1, 0.15) is 31.6 Å². The first-order valence-electron chi connectivity index (χ1n) is 6.81. The Hall–Kier alpha value is -1.75. The molecule has 0 aliphatic heterocycles. The van der Waals surface area contributed by atoms with Gasteiger partial charge in [0.2, 0.25) is 11.7 Å². The fraction of sp³-hybridized carbons (Fsp3) is 0.500. The molecular weight excluding hydrogens is 240 g/mol. The van der Waals surface area contributed by atoms with Crippen molar-refractivity contribution in [3.05, 3.63) is 30.4 Å². The number of rotatable bonds is 3. The average molecular weight is 258 g/mol. The summed E-state index contributed by atoms with van der Waals surface area (Å²) in [4.78, 5) is 8.49. The number of aromatic nitrogens is 3. The summed E-state index contributed by atoms with van der Waals surface area (Å²) in [6, 6.07) is 4.05. The number of nitrogens with zero attached hydrogens (tertiary/aromatic N) is 3. The highest BCUT2D eigenvalue weighted by Gasteiger charge is 2.24. The average Bonchev–Trinajstić information content (AvgIpc) is 2.91. The molecule has 0 spiro atoms. The maximum absolute atomic E-state index is 6.14. The van der Waals surface area contributed by atoms with Crippen molar-refractivity contribution >= 4 is 0 Å². The van der Waals surface area contributed by atoms with Gasteiger partial charge in [0.05, 0.1) is 0 Å². The van der Waals surface area contributed by atoms with E-state index in [0.29, 0.717) is 17.6 Å². The first-order valence-corrected chi connectivity index (χ1v) is 6.81. The van der Waals surface area contributed by atoms with Crippen LogP contribution in [0.25, 0.3) is 11.4 Å². The third-order valence-corrected chi connectivity index (χ3v) is 3.79. The second kappa shape index (κ2) is 5.48. The first-order chi connectivity index (χ1) is 9.33. The van der Waals surface area contributed by atoms with Crippen molar-refractivity contribution < 1.29 is 4.52 Å². The van der Waals surface area contributed by atoms with Crippen molar-refractivity contribution in [2.24, 2.45) is 11.7 Å². The lowest BCUT2D eigenvalue weighted by Crippen LogP contribution is -2.34. The Kier molecular flexibility index (Phi) is 3.55. The van der Waals surface area contributed by atoms with Gasteiger partial charge in [-0.15, -0.1) is 0 Å². The van der Waals surface area contributed by atoms with Gasteiger partial charge in [-0.2, -0.15) is 4.98 Å². The summed E-state index contributed by atoms with van der Waals surface area (Å²) >= 11 is 0. The highest BCUT2D eigenvalue weighted by atomic mass is 16.5. The van der Waals surface area contributed by atoms with Crippen molar-refractivity contribution in [2.75, 3.05) is 0 Å². The van der Waals surface area contributed by atoms with Gasteiger partial charge in [-0.25, -0.2) is 0 Å². The lowest BCUT2D eigenvalue weighted by molar-refractivity contribution is 0.273. The quantitative estimate of drug-likeness (QED) is 0.913. The topological polar surface area (TPSA) is 77.8 Å². The van der Waals surface area contributed by atoms with Gasteiger partial charge in [0.25, 0.3) is 0 Å². The van der Waals surface area contributed by atoms with Gasteiger partial charge in [0, 0.05) is 30.4 Å². The van der Waals surface area contributed by atoms with E-state index in [-0.39, 0.29) is 6.04 Å². The molecule has 19 heavy (non-hydrogen) atoms. The van der Waals surface area contributed by atoms with Crippen LogP contribution in [0.4, 0.5) is 0 Å². The summed E-state index contributed by atoms with van der Waals surface area (Å²) in [5.41, 5.74) is 7.02. The molecule has 0 saturated heterocycles. The van der Waals surface area contributed by atoms with Gasteiger partial charge in [0.15, 0.2) is 0 Å². The van der Waals surface area contributed by atoms with Crippen molar-refractivity contribution in [2.45, 2.75) is 38.1 Å². The van der Waals surface area contributed by atoms with Crippen molar-refractivity contribution in [3.8, 4) is 11.4 Å². The van der Waals surface area contributed by atoms with Crippen molar-refractivity contribution in [3.63, 3.8) is 0 Å². The number of pyridine rings is 1. The molecule has 1 aliphatic rings. The predicted molar refractivity (Wildman–Crippen MR) is 71.2 cm³/mol. The van der Waals surface area contributed by atoms with Crippen LogP contribution in [-0.4, -0.2) is 21.2 Å². The molecule has 1 saturated carbocycles. The van der Waals surface area contributed by atoms with E-state index in [1.807, 2.05) is 12.1 Å². The van der Waals surface area contributed by atoms with E-state index in [1.54, 1.807) is 12.4 Å². The largest absolute Gasteiger partial charge is 0.339 e. The van der Waals surface area contributed by atoms with Crippen LogP contribution in [0.5, 0.6) is 0 Å². The molecule has 2 aromatic heterocycles. The fourth-order valence-corrected chi connectivity index (χ4v) is 2.66. The molecule has 100 valence electrons. The Bertz CT molecular complexity index is 525. The summed E-state index contributed by atoms with van der Waals surface area (Å²) in [5.74, 6) is 1.75. The van der Waals surface area contributed by atoms with Gasteiger partial charge >= 0.3 is 0 Å². The summed E-state index contributed by atoms with van der Waals surface area (Å²) < 4.78 is 5.33. The van der Waals surface area contributed by atoms with Crippen LogP contribution in [-0.2, 0) is 6.42 Å². The zero-order chi connectivity index (χ0) is 13.1. The smallest absolute Gasteiger partial charge is 0.227 e. The monoisotopic (exact) mass is 258 g/mol. The van der Waals surface area contributed by atoms with Crippen LogP contribution in [0.15, 0.2) is 29.0 Å². The van der Waals surface area contributed by atoms with Crippen LogP contribution in [0, 0.1) is 5.92 Å². The van der Waals surface area contributed by atoms with E-state index in [4.69, 9.17) is 10.3 Å². The Morgan fingerprint density at radius 3 is 3.00 bits per heavy atom. The van der Waals surface area contributed by atoms with E-state index < -0.39 is 0 Å². The van der Waals surface area contributed by atoms with E-state index in [2.05, 4.69) is 15.1 Å². The van der Waals surface area contributed by atoms with E-state index >= 15 is 0 Å². The molecule has 2 atom stereocenters. The standard InChI is InChI=1S/C14H18N4O/c15-12-6-2-1-4-10(12)8-13-17-14(18-19-13)11-5-3-7-16-9-11/h3,5,7,9-10,12H,1-2,4,6,8,15H2. The first kappa shape index (κ1) is 12.3. The Morgan fingerprint density at radius 1 is 1.32 bits per heavy atom. The minimum Gasteiger partial charge on any atom is -0.339 e. The van der Waals surface area contributed by atoms with Crippen molar-refractivity contribution in [1.82, 2.24) is 15.1 Å². The number of hydrogen-bond acceptors (Lipinski definition) is 5. The van der Waals surface area contributed by atoms with Gasteiger partial charge < -0.3 is 10.3 Å². The maximum Gasteiger partial charge on any atom is 0.227 e. The summed E-state index contributed by atoms with van der Waals surface area (Å²) in [5, 5.41) is 4.01. The highest BCUT2D eigenvalue weighted by Crippen LogP contribution is 2.26. The molecule has 2 heterocycles. The van der Waals surface area contributed by atoms with Gasteiger partial charge in [0.1, 0.15) is 0 Å². The summed E-state index contributed by atoms with van der Waals surface area (Å²) in [6.07, 6.45) is 9.01. The third kappa shape index (κ3) is 2.81. The molecule has 2 aromatic rings. The van der Waals surface area contributed by atoms with Gasteiger partial charge in [-0.3, -0.25) is 4.98 Å². The summed E-state index contributed by atoms with van der Waals surface area (Å²) in [7, 11) is 0. The molecule has 5 heteroatoms. The third-order valence-electron chi connectivity index (χ3n) is 3.79. The van der Waals surface area contributed by atoms with E-state index in [1.165, 1.54) is 12.8 Å². The zero-order valence-electron chi connectivity index (χ0n) is 10.8. The molecule has 0 bridgehead atoms. The molecule has 5 nitrogen and oxygen atoms in total. The second-order valence-electron chi connectivity index (χ2n) is 5.17. The van der Waals surface area contributed by atoms with E-state index in [0.717, 1.165) is 24.8 Å². The predicted octanol–water partition coefficient (Wildman–Crippen LogP) is 2.19. The molecule has 1 aliphatic carbocycles. The molecule has 2 N–H and O–H groups in total. The SMILES string of the molecule is NC1CCCCC1Cc1nc(-c2cccnc2)no1. The second-order valence-corrected chi connectivity index (χ2v) is 5.17. The normalized spacial score (nSPS) is 23.4. The number of nitrogens with two attached hydrogens (primary N) is 1. The van der Waals surface area contributed by atoms with Crippen LogP contribution in [0.3, 0.4) is 0 Å². The maximum atomic E-state index is 6.14. The van der Waals surface area contributed by atoms with Gasteiger partial charge in [-0.05, 0) is 30.9 Å². The molecule has 2 unspecified atom stereocenters. The Labute approximate surface area is 112 Å². The lowest BCUT2D eigenvalue weighted by Gasteiger charge is -2.27. The zero-order valence-corrected chi connectivity index (χ0v) is 10.8. The Balaban J connectivity index is 1.71. The molecule has 0 radical (unpaired) electrons. The molecule has 0 amide bonds. The van der Waals surface area contributed by atoms with Crippen LogP contribution >= 0.6 is 0 Å². The lowest BCUT2D eigenvalue weighted by atomic mass is 9.83. The molecule has 1 fully saturated rings. The highest BCUT2D eigenvalue weighted by molar-refractivity contribution is 5.51. The minimum absolute atomic E-state index is 0.266. The van der Waals surface area contributed by atoms with Crippen molar-refractivity contribution in [1.29, 1.82) is 0 Å². The van der Waals surface area contributed by atoms with Gasteiger partial charge in [-0.1, -0.05) is 18.0 Å². The summed E-state index contributed by atoms with van der Waals surface area (Å²) in [6.45, 7) is 0. The minimum atomic E-state index is 0.266. The molecule has 0 aromatic carbocycles. The molecular formula is C14H18N4O. The Morgan fingerprint density at radius 2 is 2.21 bits per heavy atom. The molecule has 3 rings (SSSR count). The van der Waals surface area contributed by atoms with E-state index in [9.17, 15) is 0 Å².